The average Bonchev–Trinajstić information content (AvgIpc) is 1.61. The first-order chi connectivity index (χ1) is 64.3. The number of hydrogen-bond donors (Lipinski definition) is 21. The summed E-state index contributed by atoms with van der Waals surface area (Å²) in [4.78, 5) is 166. The van der Waals surface area contributed by atoms with Crippen LogP contribution >= 0.6 is 46.9 Å². The summed E-state index contributed by atoms with van der Waals surface area (Å²) in [6, 6.07) is 4.70. The second-order valence-corrected chi connectivity index (χ2v) is 39.6. The van der Waals surface area contributed by atoms with Crippen LogP contribution in [0.3, 0.4) is 0 Å². The number of aromatic amines is 4. The van der Waals surface area contributed by atoms with Crippen molar-refractivity contribution >= 4 is 143 Å². The Morgan fingerprint density at radius 1 is 0.338 bits per heavy atom. The van der Waals surface area contributed by atoms with Gasteiger partial charge in [-0.2, -0.15) is 9.97 Å². The third kappa shape index (κ3) is 18.1. The Bertz CT molecular complexity index is 7240. The van der Waals surface area contributed by atoms with Gasteiger partial charge in [0.1, 0.15) is 138 Å². The van der Waals surface area contributed by atoms with Gasteiger partial charge in [0.25, 0.3) is 16.7 Å². The summed E-state index contributed by atoms with van der Waals surface area (Å²) in [6.07, 6.45) is -27.8. The number of aryl methyl sites for hydroxylation is 1. The molecule has 136 heavy (non-hydrogen) atoms. The van der Waals surface area contributed by atoms with Crippen molar-refractivity contribution in [1.29, 1.82) is 0 Å². The number of aromatic nitrogens is 21. The molecule has 12 aromatic heterocycles. The lowest BCUT2D eigenvalue weighted by molar-refractivity contribution is -0.0673. The van der Waals surface area contributed by atoms with Crippen molar-refractivity contribution < 1.29 is 170 Å². The third-order valence-corrected chi connectivity index (χ3v) is 28.4. The van der Waals surface area contributed by atoms with Crippen LogP contribution in [0.1, 0.15) is 43.2 Å². The number of fused-ring (bicyclic) bond motifs is 15. The Kier molecular flexibility index (Phi) is 24.9. The summed E-state index contributed by atoms with van der Waals surface area (Å²) in [5, 5.41) is 67.0. The van der Waals surface area contributed by atoms with Crippen LogP contribution in [-0.2, 0) is 110 Å². The Hall–Kier alpha value is -10.1. The highest BCUT2D eigenvalue weighted by Gasteiger charge is 2.59. The SMILES string of the molecule is Cc1nc(N)c2ncn([C@@H]3O[C@@H]4COP(=O)(O)O[C@@H]5[C@H](O)[C@@H](COP(=O)(O)O[C@H]4[C@H]3O)O[C@H]5n3cnc4c(=O)[nH]c(N)nc43)c2n1.Nc1ccnc2c1ncn2[C@@H]1O[C@@H]2COP(=O)(O)O[C@@H]3[C@H](O)[C@@H](COP(=O)(O)O[C@H]2[C@H]1O)O[C@H]3n1cnc2c(=O)[nH]c(=O)[nH]c21.Nc1nc2c(ncn2[C@@H]2O[C@@H]3COP(=O)(O)O[C@H]4[C@@H](O)[C@H](n5ccc6c(N)ccnc65)O[C@@H]4COP(=O)(O)O[C@@H]2[C@@H]3O)c(=O)[nH]1. The van der Waals surface area contributed by atoms with Crippen LogP contribution in [0.4, 0.5) is 29.1 Å². The number of rotatable bonds is 6. The number of nitrogens with one attached hydrogen (secondary N) is 4. The number of nitrogens with two attached hydrogens (primary N) is 5. The van der Waals surface area contributed by atoms with Crippen LogP contribution in [0.2, 0.25) is 0 Å². The van der Waals surface area contributed by atoms with Crippen LogP contribution in [0.15, 0.2) is 87.6 Å². The molecule has 66 nitrogen and oxygen atoms in total. The van der Waals surface area contributed by atoms with Gasteiger partial charge in [-0.3, -0.25) is 111 Å². The van der Waals surface area contributed by atoms with Crippen LogP contribution in [0, 0.1) is 6.92 Å². The van der Waals surface area contributed by atoms with Gasteiger partial charge >= 0.3 is 52.6 Å². The number of aliphatic hydroxyl groups is 6. The average molecular weight is 2040 g/mol. The monoisotopic (exact) mass is 2030 g/mol. The molecule has 12 aromatic rings. The Morgan fingerprint density at radius 2 is 0.669 bits per heavy atom. The van der Waals surface area contributed by atoms with Crippen molar-refractivity contribution in [3.63, 3.8) is 0 Å². The minimum Gasteiger partial charge on any atom is -0.398 e. The fourth-order valence-electron chi connectivity index (χ4n) is 16.4. The van der Waals surface area contributed by atoms with E-state index in [-0.39, 0.29) is 85.0 Å². The van der Waals surface area contributed by atoms with Gasteiger partial charge in [0, 0.05) is 29.7 Å². The van der Waals surface area contributed by atoms with Crippen molar-refractivity contribution in [3.05, 3.63) is 116 Å². The molecule has 9 aliphatic rings. The van der Waals surface area contributed by atoms with E-state index in [1.54, 1.807) is 19.1 Å². The molecule has 9 aliphatic heterocycles. The van der Waals surface area contributed by atoms with Gasteiger partial charge in [0.15, 0.2) is 82.3 Å². The number of phosphoric acid groups is 6. The largest absolute Gasteiger partial charge is 0.472 e. The fraction of sp³-hybridized carbons (Fsp3) is 0.484. The first-order valence-corrected chi connectivity index (χ1v) is 48.7. The molecule has 26 N–H and O–H groups in total. The molecule has 0 aromatic carbocycles. The third-order valence-electron chi connectivity index (χ3n) is 22.5. The second-order valence-electron chi connectivity index (χ2n) is 31.2. The van der Waals surface area contributed by atoms with Crippen molar-refractivity contribution in [2.24, 2.45) is 0 Å². The normalized spacial score (nSPS) is 37.5. The van der Waals surface area contributed by atoms with E-state index >= 15 is 0 Å². The maximum Gasteiger partial charge on any atom is 0.472 e. The van der Waals surface area contributed by atoms with Crippen LogP contribution in [-0.4, -0.2) is 312 Å². The molecule has 30 atom stereocenters. The Labute approximate surface area is 750 Å². The molecule has 72 heteroatoms. The summed E-state index contributed by atoms with van der Waals surface area (Å²) in [5.41, 5.74) is 26.8. The standard InChI is InChI=1S/C22H26N8O13P2.C21H26N10O13P2.C21H24N8O14P2/c23-9-1-3-25-17-8(9)2-4-29(17)20-14(32)15-11(41-20)6-39-45(36,37)43-16-13(31)10(5-38-44(34,35)42-15)40-21(16)30-7-26-12-18(30)27-22(24)28-19(12)33;1-6-26-15(22)9-16(27-6)30(4-24-9)19-12(33)13-8(42-19)3-40-46(37,38)44-14-11(32)7(2-39-45(35,36)43-13)41-20(14)31-5-25-10-17(31)28-21(23)29-18(10)34;22-7-1-2-23-16-10(7)24-5-28(16)19-13(31)14-9(41-19)4-39-45(36,37)43-15-12(30)8(3-38-44(34,35)42-14)40-20(15)29-6-25-11-17(29)26-21(33)27-18(11)32/h1-4,7,10-11,13-16,20-21,31-32H,5-6H2,(H2,23,25)(H,34,35)(H,36,37)(H3,24,27,28,33);4-5,7-8,11-14,19-20,32-33H,2-3H2,1H3,(H,35,36)(H,37,38)(H2,22,26,27)(H3,23,28,29,34);1-2,5-6,8-9,12-15,19-20,30-31H,3-4H2,(H2,22,23)(H,34,35)(H,36,37)(H2,26,27,32,33)/t10-,11-,13-,14-,15-,16-,20-,21-;7-,8-,11-,12-,13-,14-,19-,20-;8-,9-,12-,13-,14-,15-,19-,20-/m111/s1. The fourth-order valence-corrected chi connectivity index (χ4v) is 22.1. The number of aliphatic hydroxyl groups excluding tert-OH is 6. The zero-order chi connectivity index (χ0) is 96.4. The number of H-pyrrole nitrogens is 4. The van der Waals surface area contributed by atoms with Crippen LogP contribution in [0.25, 0.3) is 66.9 Å². The molecule has 732 valence electrons. The molecule has 0 amide bonds. The lowest BCUT2D eigenvalue weighted by Crippen LogP contribution is -2.36. The van der Waals surface area contributed by atoms with E-state index in [0.29, 0.717) is 16.7 Å². The smallest absolute Gasteiger partial charge is 0.398 e. The molecule has 0 saturated carbocycles. The highest BCUT2D eigenvalue weighted by atomic mass is 31.2. The van der Waals surface area contributed by atoms with Gasteiger partial charge < -0.3 is 122 Å². The Morgan fingerprint density at radius 3 is 1.11 bits per heavy atom. The van der Waals surface area contributed by atoms with Crippen molar-refractivity contribution in [3.8, 4) is 0 Å². The van der Waals surface area contributed by atoms with Crippen molar-refractivity contribution in [1.82, 2.24) is 102 Å². The molecule has 6 bridgehead atoms. The van der Waals surface area contributed by atoms with Gasteiger partial charge in [0.2, 0.25) is 11.9 Å². The van der Waals surface area contributed by atoms with Gasteiger partial charge in [0.05, 0.1) is 77.0 Å². The molecular weight excluding hydrogens is 1960 g/mol. The summed E-state index contributed by atoms with van der Waals surface area (Å²) in [7, 11) is -30.5. The first-order valence-electron chi connectivity index (χ1n) is 39.7. The first kappa shape index (κ1) is 94.8. The molecule has 6 unspecified atom stereocenters. The van der Waals surface area contributed by atoms with Crippen LogP contribution in [0.5, 0.6) is 0 Å². The lowest BCUT2D eigenvalue weighted by Gasteiger charge is -2.25. The van der Waals surface area contributed by atoms with E-state index in [1.807, 2.05) is 4.98 Å². The number of anilines is 5. The molecule has 0 spiro atoms. The highest BCUT2D eigenvalue weighted by molar-refractivity contribution is 7.48. The van der Waals surface area contributed by atoms with Gasteiger partial charge in [-0.15, -0.1) is 0 Å². The molecule has 21 heterocycles. The summed E-state index contributed by atoms with van der Waals surface area (Å²) >= 11 is 0. The number of nitrogens with zero attached hydrogens (tertiary/aromatic N) is 17. The maximum atomic E-state index is 13.2. The quantitative estimate of drug-likeness (QED) is 0.0692. The number of ether oxygens (including phenoxy) is 6. The predicted molar refractivity (Wildman–Crippen MR) is 440 cm³/mol. The molecule has 0 aliphatic carbocycles. The maximum absolute atomic E-state index is 13.2. The predicted octanol–water partition coefficient (Wildman–Crippen LogP) is -5.19. The number of imidazole rings is 5. The Balaban J connectivity index is 0.000000131. The molecule has 0 radical (unpaired) electrons. The lowest BCUT2D eigenvalue weighted by atomic mass is 10.1. The van der Waals surface area contributed by atoms with Crippen LogP contribution < -0.4 is 51.0 Å². The molecule has 9 fully saturated rings. The van der Waals surface area contributed by atoms with Crippen molar-refractivity contribution in [2.75, 3.05) is 68.3 Å². The summed E-state index contributed by atoms with van der Waals surface area (Å²) in [6.45, 7) is -3.36. The van der Waals surface area contributed by atoms with E-state index in [9.17, 15) is 107 Å². The minimum absolute atomic E-state index is 0.0505. The second kappa shape index (κ2) is 35.6. The van der Waals surface area contributed by atoms with E-state index in [1.165, 1.54) is 51.0 Å². The highest BCUT2D eigenvalue weighted by Crippen LogP contribution is 2.59. The van der Waals surface area contributed by atoms with E-state index in [4.69, 9.17) is 111 Å². The minimum atomic E-state index is -5.13. The molecular formula is C64H76N26O40P6. The topological polar surface area (TPSA) is 944 Å². The molecule has 21 rings (SSSR count). The van der Waals surface area contributed by atoms with Gasteiger partial charge in [-0.25, -0.2) is 77.0 Å². The van der Waals surface area contributed by atoms with Gasteiger partial charge in [-0.1, -0.05) is 0 Å². The van der Waals surface area contributed by atoms with E-state index in [0.717, 1.165) is 32.7 Å². The summed E-state index contributed by atoms with van der Waals surface area (Å²) in [5.74, 6) is -0.233. The number of pyridine rings is 2. The number of phosphoric ester groups is 6. The molecule has 9 saturated heterocycles. The zero-order valence-corrected chi connectivity index (χ0v) is 73.8. The van der Waals surface area contributed by atoms with E-state index < -0.39 is 256 Å². The number of hydrogen-bond acceptors (Lipinski definition) is 50. The number of nitrogen functional groups attached to an aromatic ring is 5. The van der Waals surface area contributed by atoms with E-state index in [2.05, 4.69) is 69.8 Å². The van der Waals surface area contributed by atoms with Gasteiger partial charge in [-0.05, 0) is 25.1 Å². The van der Waals surface area contributed by atoms with Crippen molar-refractivity contribution in [2.45, 2.75) is 154 Å². The zero-order valence-electron chi connectivity index (χ0n) is 68.4. The summed E-state index contributed by atoms with van der Waals surface area (Å²) < 4.78 is 184.